The number of aromatic nitrogens is 4. The minimum absolute atomic E-state index is 0.110. The van der Waals surface area contributed by atoms with Crippen molar-refractivity contribution >= 4 is 27.9 Å². The van der Waals surface area contributed by atoms with Gasteiger partial charge in [0.2, 0.25) is 10.1 Å². The molecule has 3 aromatic heterocycles. The highest BCUT2D eigenvalue weighted by atomic mass is 32.1. The Hall–Kier alpha value is -2.69. The van der Waals surface area contributed by atoms with Crippen LogP contribution in [0.1, 0.15) is 15.4 Å². The molecule has 1 aliphatic rings. The molecule has 1 aliphatic heterocycles. The highest BCUT2D eigenvalue weighted by Crippen LogP contribution is 2.34. The van der Waals surface area contributed by atoms with Crippen LogP contribution in [-0.4, -0.2) is 56.8 Å². The van der Waals surface area contributed by atoms with Gasteiger partial charge in [-0.2, -0.15) is 18.3 Å². The summed E-state index contributed by atoms with van der Waals surface area (Å²) in [6.45, 7) is 1.63. The number of amides is 1. The van der Waals surface area contributed by atoms with Crippen molar-refractivity contribution in [1.29, 1.82) is 0 Å². The lowest BCUT2D eigenvalue weighted by molar-refractivity contribution is -0.138. The third-order valence-electron chi connectivity index (χ3n) is 4.14. The minimum Gasteiger partial charge on any atom is -0.343 e. The van der Waals surface area contributed by atoms with Crippen LogP contribution in [0.3, 0.4) is 0 Å². The molecule has 4 heterocycles. The number of fused-ring (bicyclic) bond motifs is 1. The van der Waals surface area contributed by atoms with Crippen molar-refractivity contribution in [3.05, 3.63) is 41.2 Å². The molecule has 0 N–H and O–H groups in total. The van der Waals surface area contributed by atoms with Crippen LogP contribution in [0.15, 0.2) is 30.6 Å². The number of nitrogens with zero attached hydrogens (tertiary/aromatic N) is 6. The molecule has 26 heavy (non-hydrogen) atoms. The Balaban J connectivity index is 1.42. The van der Waals surface area contributed by atoms with Crippen molar-refractivity contribution in [3.63, 3.8) is 0 Å². The van der Waals surface area contributed by atoms with E-state index in [9.17, 15) is 18.0 Å². The summed E-state index contributed by atoms with van der Waals surface area (Å²) in [4.78, 5) is 16.1. The monoisotopic (exact) mass is 382 g/mol. The van der Waals surface area contributed by atoms with Crippen LogP contribution < -0.4 is 4.90 Å². The lowest BCUT2D eigenvalue weighted by atomic mass is 10.2. The van der Waals surface area contributed by atoms with E-state index < -0.39 is 11.2 Å². The molecule has 0 unspecified atom stereocenters. The van der Waals surface area contributed by atoms with Gasteiger partial charge in [-0.1, -0.05) is 11.3 Å². The highest BCUT2D eigenvalue weighted by molar-refractivity contribution is 7.15. The maximum absolute atomic E-state index is 12.6. The average molecular weight is 382 g/mol. The zero-order valence-corrected chi connectivity index (χ0v) is 14.2. The summed E-state index contributed by atoms with van der Waals surface area (Å²) < 4.78 is 39.6. The van der Waals surface area contributed by atoms with Crippen molar-refractivity contribution in [1.82, 2.24) is 24.7 Å². The van der Waals surface area contributed by atoms with E-state index in [4.69, 9.17) is 0 Å². The van der Waals surface area contributed by atoms with Crippen LogP contribution in [0.25, 0.3) is 5.52 Å². The van der Waals surface area contributed by atoms with Gasteiger partial charge in [-0.15, -0.1) is 10.2 Å². The van der Waals surface area contributed by atoms with Crippen molar-refractivity contribution in [2.45, 2.75) is 6.18 Å². The number of alkyl halides is 3. The summed E-state index contributed by atoms with van der Waals surface area (Å²) in [5.41, 5.74) is 1.38. The van der Waals surface area contributed by atoms with E-state index in [2.05, 4.69) is 15.3 Å². The summed E-state index contributed by atoms with van der Waals surface area (Å²) in [5, 5.41) is 10.2. The van der Waals surface area contributed by atoms with Crippen molar-refractivity contribution in [2.75, 3.05) is 31.1 Å². The molecule has 1 saturated heterocycles. The number of rotatable bonds is 2. The molecule has 0 bridgehead atoms. The van der Waals surface area contributed by atoms with Crippen molar-refractivity contribution < 1.29 is 18.0 Å². The Morgan fingerprint density at radius 3 is 2.58 bits per heavy atom. The van der Waals surface area contributed by atoms with E-state index in [1.165, 1.54) is 0 Å². The first-order chi connectivity index (χ1) is 12.4. The predicted molar refractivity (Wildman–Crippen MR) is 88.2 cm³/mol. The zero-order valence-electron chi connectivity index (χ0n) is 13.3. The quantitative estimate of drug-likeness (QED) is 0.680. The number of piperazine rings is 1. The van der Waals surface area contributed by atoms with Crippen LogP contribution in [0, 0.1) is 0 Å². The molecular weight excluding hydrogens is 369 g/mol. The van der Waals surface area contributed by atoms with Gasteiger partial charge in [-0.3, -0.25) is 4.79 Å². The summed E-state index contributed by atoms with van der Waals surface area (Å²) in [6.07, 6.45) is -1.11. The second-order valence-electron chi connectivity index (χ2n) is 5.78. The minimum atomic E-state index is -4.49. The number of carbonyl (C=O) groups is 1. The number of hydrogen-bond acceptors (Lipinski definition) is 6. The molecule has 0 aromatic carbocycles. The third kappa shape index (κ3) is 3.09. The van der Waals surface area contributed by atoms with Crippen LogP contribution >= 0.6 is 11.3 Å². The molecule has 3 aromatic rings. The average Bonchev–Trinajstić information content (AvgIpc) is 3.29. The Bertz CT molecular complexity index is 944. The van der Waals surface area contributed by atoms with Gasteiger partial charge in [0.15, 0.2) is 0 Å². The normalized spacial score (nSPS) is 15.7. The molecule has 136 valence electrons. The fraction of sp³-hybridized carbons (Fsp3) is 0.333. The standard InChI is InChI=1S/C15H13F3N6OS/c16-15(17,18)13-20-21-14(26-13)23-7-5-22(6-8-23)12(25)10-2-4-24-11(9-10)1-3-19-24/h1-4,9H,5-8H2. The van der Waals surface area contributed by atoms with Crippen LogP contribution in [0.4, 0.5) is 18.3 Å². The molecule has 0 atom stereocenters. The maximum Gasteiger partial charge on any atom is 0.445 e. The fourth-order valence-corrected chi connectivity index (χ4v) is 3.56. The summed E-state index contributed by atoms with van der Waals surface area (Å²) >= 11 is 0.520. The first-order valence-corrected chi connectivity index (χ1v) is 8.62. The van der Waals surface area contributed by atoms with E-state index in [-0.39, 0.29) is 11.0 Å². The second-order valence-corrected chi connectivity index (χ2v) is 6.74. The fourth-order valence-electron chi connectivity index (χ4n) is 2.80. The molecule has 7 nitrogen and oxygen atoms in total. The van der Waals surface area contributed by atoms with Gasteiger partial charge in [0.1, 0.15) is 0 Å². The Morgan fingerprint density at radius 1 is 1.12 bits per heavy atom. The number of pyridine rings is 1. The van der Waals surface area contributed by atoms with Gasteiger partial charge in [-0.05, 0) is 18.2 Å². The first-order valence-electron chi connectivity index (χ1n) is 7.80. The third-order valence-corrected chi connectivity index (χ3v) is 5.17. The summed E-state index contributed by atoms with van der Waals surface area (Å²) in [5.74, 6) is -0.110. The molecule has 1 fully saturated rings. The molecular formula is C15H13F3N6OS. The number of hydrogen-bond donors (Lipinski definition) is 0. The van der Waals surface area contributed by atoms with Gasteiger partial charge in [0.25, 0.3) is 5.91 Å². The highest BCUT2D eigenvalue weighted by Gasteiger charge is 2.36. The molecule has 0 saturated carbocycles. The van der Waals surface area contributed by atoms with Gasteiger partial charge in [0, 0.05) is 44.1 Å². The number of carbonyl (C=O) groups excluding carboxylic acids is 1. The molecule has 4 rings (SSSR count). The summed E-state index contributed by atoms with van der Waals surface area (Å²) in [7, 11) is 0. The first kappa shape index (κ1) is 16.8. The van der Waals surface area contributed by atoms with E-state index in [0.29, 0.717) is 43.1 Å². The van der Waals surface area contributed by atoms with E-state index in [1.807, 2.05) is 6.07 Å². The Labute approximate surface area is 149 Å². The van der Waals surface area contributed by atoms with E-state index in [1.54, 1.807) is 38.8 Å². The molecule has 0 radical (unpaired) electrons. The number of halogens is 3. The van der Waals surface area contributed by atoms with Crippen LogP contribution in [0.2, 0.25) is 0 Å². The second kappa shape index (κ2) is 6.24. The van der Waals surface area contributed by atoms with Gasteiger partial charge < -0.3 is 9.80 Å². The molecule has 0 spiro atoms. The smallest absolute Gasteiger partial charge is 0.343 e. The SMILES string of the molecule is O=C(c1ccn2nccc2c1)N1CCN(c2nnc(C(F)(F)F)s2)CC1. The maximum atomic E-state index is 12.6. The van der Waals surface area contributed by atoms with Gasteiger partial charge in [-0.25, -0.2) is 4.52 Å². The Morgan fingerprint density at radius 2 is 1.88 bits per heavy atom. The van der Waals surface area contributed by atoms with Gasteiger partial charge in [0.05, 0.1) is 5.52 Å². The molecule has 1 amide bonds. The molecule has 0 aliphatic carbocycles. The van der Waals surface area contributed by atoms with Crippen LogP contribution in [-0.2, 0) is 6.18 Å². The largest absolute Gasteiger partial charge is 0.445 e. The van der Waals surface area contributed by atoms with Gasteiger partial charge >= 0.3 is 6.18 Å². The van der Waals surface area contributed by atoms with E-state index in [0.717, 1.165) is 5.52 Å². The van der Waals surface area contributed by atoms with E-state index >= 15 is 0 Å². The lowest BCUT2D eigenvalue weighted by Gasteiger charge is -2.34. The summed E-state index contributed by atoms with van der Waals surface area (Å²) in [6, 6.07) is 5.28. The molecule has 11 heteroatoms. The Kier molecular flexibility index (Phi) is 4.02. The number of anilines is 1. The predicted octanol–water partition coefficient (Wildman–Crippen LogP) is 2.17. The lowest BCUT2D eigenvalue weighted by Crippen LogP contribution is -2.48. The van der Waals surface area contributed by atoms with Crippen molar-refractivity contribution in [2.24, 2.45) is 0 Å². The van der Waals surface area contributed by atoms with Crippen molar-refractivity contribution in [3.8, 4) is 0 Å². The topological polar surface area (TPSA) is 66.6 Å². The zero-order chi connectivity index (χ0) is 18.3. The van der Waals surface area contributed by atoms with Crippen LogP contribution in [0.5, 0.6) is 0 Å².